The van der Waals surface area contributed by atoms with Crippen LogP contribution >= 0.6 is 0 Å². The van der Waals surface area contributed by atoms with E-state index in [0.717, 1.165) is 59.6 Å². The van der Waals surface area contributed by atoms with Gasteiger partial charge in [0, 0.05) is 51.2 Å². The largest absolute Gasteiger partial charge is 0.468 e. The monoisotopic (exact) mass is 626 g/mol. The number of hydrogen-bond donors (Lipinski definition) is 0. The minimum atomic E-state index is -1.15. The van der Waals surface area contributed by atoms with Crippen LogP contribution in [-0.2, 0) is 22.4 Å². The Kier molecular flexibility index (Phi) is 9.49. The van der Waals surface area contributed by atoms with Crippen LogP contribution in [0.1, 0.15) is 43.5 Å². The Bertz CT molecular complexity index is 1740. The van der Waals surface area contributed by atoms with E-state index in [4.69, 9.17) is 19.3 Å². The Morgan fingerprint density at radius 1 is 1.02 bits per heavy atom. The first-order valence-electron chi connectivity index (χ1n) is 16.0. The second-order valence-corrected chi connectivity index (χ2v) is 18.6. The predicted molar refractivity (Wildman–Crippen MR) is 180 cm³/mol. The average molecular weight is 627 g/mol. The van der Waals surface area contributed by atoms with Crippen molar-refractivity contribution in [1.82, 2.24) is 19.3 Å². The molecule has 7 nitrogen and oxygen atoms in total. The molecule has 0 saturated carbocycles. The zero-order valence-electron chi connectivity index (χ0n) is 26.8. The third kappa shape index (κ3) is 7.06. The third-order valence-electron chi connectivity index (χ3n) is 8.41. The Labute approximate surface area is 266 Å². The molecule has 0 aliphatic carbocycles. The molecule has 1 fully saturated rings. The maximum atomic E-state index is 16.9. The number of aryl methyl sites for hydroxylation is 1. The molecule has 0 spiro atoms. The van der Waals surface area contributed by atoms with Crippen LogP contribution in [0.4, 0.5) is 4.39 Å². The van der Waals surface area contributed by atoms with Gasteiger partial charge in [-0.05, 0) is 66.6 Å². The number of ether oxygens (including phenoxy) is 3. The molecular weight excluding hydrogens is 584 g/mol. The normalized spacial score (nSPS) is 15.5. The van der Waals surface area contributed by atoms with Crippen LogP contribution in [0.3, 0.4) is 0 Å². The number of benzene rings is 3. The fraction of sp³-hybridized carbons (Fsp3) is 0.389. The van der Waals surface area contributed by atoms with Crippen molar-refractivity contribution in [2.75, 3.05) is 20.0 Å². The summed E-state index contributed by atoms with van der Waals surface area (Å²) in [4.78, 5) is 4.69. The summed E-state index contributed by atoms with van der Waals surface area (Å²) in [5, 5.41) is 5.73. The van der Waals surface area contributed by atoms with Gasteiger partial charge in [-0.15, -0.1) is 0 Å². The molecule has 3 aromatic carbocycles. The third-order valence-corrected chi connectivity index (χ3v) is 10.1. The first-order valence-corrected chi connectivity index (χ1v) is 19.7. The standard InChI is InChI=1S/C36H43FN4O3Si/c1-5-27-23-28(44-25-42-21-22-45(2,3)4)14-15-29(27)30-16-17-31-34(36-38-18-19-40(36)24-26-11-7-6-8-12-26)39-41(35(31)33(30)37)32-13-9-10-20-43-32/h6-8,11-12,14-19,23,32H,5,9-10,13,20-22,24-25H2,1-4H3. The Morgan fingerprint density at radius 3 is 2.60 bits per heavy atom. The number of aromatic nitrogens is 4. The Morgan fingerprint density at radius 2 is 1.84 bits per heavy atom. The second-order valence-electron chi connectivity index (χ2n) is 13.0. The van der Waals surface area contributed by atoms with Gasteiger partial charge in [0.1, 0.15) is 17.0 Å². The van der Waals surface area contributed by atoms with Crippen molar-refractivity contribution >= 4 is 19.0 Å². The van der Waals surface area contributed by atoms with Crippen LogP contribution in [0.15, 0.2) is 73.1 Å². The second kappa shape index (κ2) is 13.7. The summed E-state index contributed by atoms with van der Waals surface area (Å²) in [6.45, 7) is 11.2. The van der Waals surface area contributed by atoms with Crippen LogP contribution in [0.2, 0.25) is 25.7 Å². The first-order chi connectivity index (χ1) is 21.8. The number of imidazole rings is 1. The van der Waals surface area contributed by atoms with Crippen molar-refractivity contribution < 1.29 is 18.6 Å². The molecule has 236 valence electrons. The molecule has 0 bridgehead atoms. The summed E-state index contributed by atoms with van der Waals surface area (Å²) in [7, 11) is -1.15. The van der Waals surface area contributed by atoms with Crippen LogP contribution in [0.25, 0.3) is 33.5 Å². The van der Waals surface area contributed by atoms with Crippen molar-refractivity contribution in [3.63, 3.8) is 0 Å². The number of hydrogen-bond acceptors (Lipinski definition) is 5. The molecule has 1 aliphatic heterocycles. The lowest BCUT2D eigenvalue weighted by Gasteiger charge is -2.23. The summed E-state index contributed by atoms with van der Waals surface area (Å²) in [5.74, 6) is 1.12. The average Bonchev–Trinajstić information content (AvgIpc) is 3.66. The van der Waals surface area contributed by atoms with Gasteiger partial charge in [-0.1, -0.05) is 69.0 Å². The molecule has 6 rings (SSSR count). The maximum absolute atomic E-state index is 16.9. The lowest BCUT2D eigenvalue weighted by Crippen LogP contribution is -2.22. The SMILES string of the molecule is CCc1cc(OCOCC[Si](C)(C)C)ccc1-c1ccc2c(-c3nccn3Cc3ccccc3)nn(C3CCCCO3)c2c1F. The smallest absolute Gasteiger partial charge is 0.189 e. The highest BCUT2D eigenvalue weighted by atomic mass is 28.3. The van der Waals surface area contributed by atoms with E-state index in [1.54, 1.807) is 10.9 Å². The van der Waals surface area contributed by atoms with E-state index in [0.29, 0.717) is 42.4 Å². The summed E-state index contributed by atoms with van der Waals surface area (Å²) in [6.07, 6.45) is 6.91. The van der Waals surface area contributed by atoms with Gasteiger partial charge in [0.2, 0.25) is 0 Å². The molecule has 3 heterocycles. The van der Waals surface area contributed by atoms with Crippen molar-refractivity contribution in [1.29, 1.82) is 0 Å². The minimum Gasteiger partial charge on any atom is -0.468 e. The van der Waals surface area contributed by atoms with Gasteiger partial charge in [-0.2, -0.15) is 5.10 Å². The van der Waals surface area contributed by atoms with E-state index in [9.17, 15) is 0 Å². The Balaban J connectivity index is 1.35. The zero-order valence-corrected chi connectivity index (χ0v) is 27.8. The van der Waals surface area contributed by atoms with E-state index < -0.39 is 8.07 Å². The highest BCUT2D eigenvalue weighted by Gasteiger charge is 2.27. The molecule has 5 aromatic rings. The summed E-state index contributed by atoms with van der Waals surface area (Å²) in [6, 6.07) is 21.0. The molecule has 1 atom stereocenters. The molecule has 1 aliphatic rings. The van der Waals surface area contributed by atoms with Crippen molar-refractivity contribution in [2.45, 2.75) is 71.1 Å². The van der Waals surface area contributed by atoms with Gasteiger partial charge in [-0.25, -0.2) is 14.1 Å². The molecule has 1 saturated heterocycles. The number of rotatable bonds is 12. The number of halogens is 1. The molecule has 2 aromatic heterocycles. The molecule has 9 heteroatoms. The van der Waals surface area contributed by atoms with Crippen LogP contribution in [0, 0.1) is 5.82 Å². The fourth-order valence-corrected chi connectivity index (χ4v) is 6.64. The number of fused-ring (bicyclic) bond motifs is 1. The summed E-state index contributed by atoms with van der Waals surface area (Å²) in [5.41, 5.74) is 4.64. The van der Waals surface area contributed by atoms with Crippen molar-refractivity contribution in [3.8, 4) is 28.4 Å². The molecule has 45 heavy (non-hydrogen) atoms. The minimum absolute atomic E-state index is 0.205. The zero-order chi connectivity index (χ0) is 31.4. The van der Waals surface area contributed by atoms with Gasteiger partial charge in [-0.3, -0.25) is 0 Å². The lowest BCUT2D eigenvalue weighted by molar-refractivity contribution is -0.0368. The molecule has 0 amide bonds. The molecule has 0 N–H and O–H groups in total. The van der Waals surface area contributed by atoms with Gasteiger partial charge >= 0.3 is 0 Å². The van der Waals surface area contributed by atoms with Crippen molar-refractivity contribution in [3.05, 3.63) is 90.0 Å². The molecule has 1 unspecified atom stereocenters. The summed E-state index contributed by atoms with van der Waals surface area (Å²) >= 11 is 0. The maximum Gasteiger partial charge on any atom is 0.189 e. The molecule has 0 radical (unpaired) electrons. The predicted octanol–water partition coefficient (Wildman–Crippen LogP) is 8.71. The fourth-order valence-electron chi connectivity index (χ4n) is 5.89. The van der Waals surface area contributed by atoms with E-state index in [2.05, 4.69) is 48.2 Å². The van der Waals surface area contributed by atoms with Gasteiger partial charge in [0.25, 0.3) is 0 Å². The topological polar surface area (TPSA) is 63.3 Å². The quantitative estimate of drug-likeness (QED) is 0.0788. The van der Waals surface area contributed by atoms with Crippen LogP contribution in [-0.4, -0.2) is 47.4 Å². The van der Waals surface area contributed by atoms with Gasteiger partial charge in [0.15, 0.2) is 24.7 Å². The first kappa shape index (κ1) is 31.2. The van der Waals surface area contributed by atoms with E-state index in [1.807, 2.05) is 54.7 Å². The van der Waals surface area contributed by atoms with E-state index in [-0.39, 0.29) is 18.8 Å². The highest BCUT2D eigenvalue weighted by molar-refractivity contribution is 6.76. The van der Waals surface area contributed by atoms with Crippen LogP contribution < -0.4 is 4.74 Å². The van der Waals surface area contributed by atoms with E-state index in [1.165, 1.54) is 0 Å². The Hall–Kier alpha value is -3.79. The highest BCUT2D eigenvalue weighted by Crippen LogP contribution is 2.39. The lowest BCUT2D eigenvalue weighted by atomic mass is 9.96. The van der Waals surface area contributed by atoms with Gasteiger partial charge in [0.05, 0.1) is 0 Å². The van der Waals surface area contributed by atoms with E-state index >= 15 is 4.39 Å². The van der Waals surface area contributed by atoms with Crippen molar-refractivity contribution in [2.24, 2.45) is 0 Å². The molecular formula is C36H43FN4O3Si. The number of nitrogens with zero attached hydrogens (tertiary/aromatic N) is 4. The van der Waals surface area contributed by atoms with Gasteiger partial charge < -0.3 is 18.8 Å². The summed E-state index contributed by atoms with van der Waals surface area (Å²) < 4.78 is 38.5. The van der Waals surface area contributed by atoms with Crippen LogP contribution in [0.5, 0.6) is 5.75 Å².